The SMILES string of the molecule is COc1cc2ncnc(Nc3ccccc3N(CCCl)CCCl)c2cc1OC.Cl. The van der Waals surface area contributed by atoms with E-state index in [-0.39, 0.29) is 12.4 Å². The lowest BCUT2D eigenvalue weighted by Gasteiger charge is -2.26. The van der Waals surface area contributed by atoms with Crippen molar-refractivity contribution in [2.24, 2.45) is 0 Å². The van der Waals surface area contributed by atoms with Gasteiger partial charge in [0.2, 0.25) is 0 Å². The van der Waals surface area contributed by atoms with E-state index in [4.69, 9.17) is 32.7 Å². The number of benzene rings is 2. The fourth-order valence-corrected chi connectivity index (χ4v) is 3.43. The minimum atomic E-state index is 0. The molecule has 0 radical (unpaired) electrons. The smallest absolute Gasteiger partial charge is 0.162 e. The molecule has 0 aliphatic carbocycles. The van der Waals surface area contributed by atoms with E-state index >= 15 is 0 Å². The molecule has 0 saturated carbocycles. The van der Waals surface area contributed by atoms with Crippen LogP contribution in [0.25, 0.3) is 10.9 Å². The van der Waals surface area contributed by atoms with Crippen molar-refractivity contribution in [2.45, 2.75) is 0 Å². The molecule has 156 valence electrons. The van der Waals surface area contributed by atoms with Gasteiger partial charge >= 0.3 is 0 Å². The highest BCUT2D eigenvalue weighted by Gasteiger charge is 2.14. The number of nitrogens with zero attached hydrogens (tertiary/aromatic N) is 3. The molecule has 3 aromatic rings. The molecule has 0 unspecified atom stereocenters. The second-order valence-corrected chi connectivity index (χ2v) is 6.71. The third-order valence-electron chi connectivity index (χ3n) is 4.35. The Morgan fingerprint density at radius 1 is 0.966 bits per heavy atom. The average Bonchev–Trinajstić information content (AvgIpc) is 2.73. The summed E-state index contributed by atoms with van der Waals surface area (Å²) in [7, 11) is 3.20. The van der Waals surface area contributed by atoms with E-state index in [9.17, 15) is 0 Å². The van der Waals surface area contributed by atoms with E-state index in [1.165, 1.54) is 6.33 Å². The lowest BCUT2D eigenvalue weighted by Crippen LogP contribution is -2.28. The number of halogens is 3. The Hall–Kier alpha value is -2.15. The predicted molar refractivity (Wildman–Crippen MR) is 123 cm³/mol. The molecule has 0 atom stereocenters. The quantitative estimate of drug-likeness (QED) is 0.451. The molecule has 6 nitrogen and oxygen atoms in total. The largest absolute Gasteiger partial charge is 0.493 e. The summed E-state index contributed by atoms with van der Waals surface area (Å²) in [6, 6.07) is 11.7. The highest BCUT2D eigenvalue weighted by molar-refractivity contribution is 6.18. The Morgan fingerprint density at radius 3 is 2.28 bits per heavy atom. The highest BCUT2D eigenvalue weighted by atomic mass is 35.5. The van der Waals surface area contributed by atoms with Crippen molar-refractivity contribution < 1.29 is 9.47 Å². The van der Waals surface area contributed by atoms with E-state index in [0.717, 1.165) is 22.3 Å². The number of anilines is 3. The Morgan fingerprint density at radius 2 is 1.62 bits per heavy atom. The number of fused-ring (bicyclic) bond motifs is 1. The van der Waals surface area contributed by atoms with Crippen LogP contribution in [0.4, 0.5) is 17.2 Å². The van der Waals surface area contributed by atoms with E-state index < -0.39 is 0 Å². The van der Waals surface area contributed by atoms with Gasteiger partial charge in [-0.15, -0.1) is 35.6 Å². The van der Waals surface area contributed by atoms with Crippen LogP contribution in [0.2, 0.25) is 0 Å². The molecule has 2 aromatic carbocycles. The van der Waals surface area contributed by atoms with Crippen molar-refractivity contribution in [1.82, 2.24) is 9.97 Å². The summed E-state index contributed by atoms with van der Waals surface area (Å²) < 4.78 is 10.8. The van der Waals surface area contributed by atoms with Crippen molar-refractivity contribution in [3.05, 3.63) is 42.7 Å². The van der Waals surface area contributed by atoms with E-state index in [0.29, 0.717) is 42.2 Å². The van der Waals surface area contributed by atoms with Crippen molar-refractivity contribution in [2.75, 3.05) is 49.3 Å². The summed E-state index contributed by atoms with van der Waals surface area (Å²) in [5.74, 6) is 2.94. The van der Waals surface area contributed by atoms with Crippen LogP contribution in [0.1, 0.15) is 0 Å². The second-order valence-electron chi connectivity index (χ2n) is 5.95. The van der Waals surface area contributed by atoms with Gasteiger partial charge in [-0.25, -0.2) is 9.97 Å². The Kier molecular flexibility index (Phi) is 8.89. The van der Waals surface area contributed by atoms with Crippen LogP contribution >= 0.6 is 35.6 Å². The van der Waals surface area contributed by atoms with Gasteiger partial charge in [-0.05, 0) is 18.2 Å². The number of ether oxygens (including phenoxy) is 2. The molecule has 0 saturated heterocycles. The lowest BCUT2D eigenvalue weighted by atomic mass is 10.2. The molecule has 3 rings (SSSR count). The number of rotatable bonds is 9. The van der Waals surface area contributed by atoms with Gasteiger partial charge in [-0.1, -0.05) is 12.1 Å². The second kappa shape index (κ2) is 11.1. The first-order chi connectivity index (χ1) is 13.7. The Labute approximate surface area is 186 Å². The topological polar surface area (TPSA) is 59.5 Å². The fourth-order valence-electron chi connectivity index (χ4n) is 3.02. The van der Waals surface area contributed by atoms with E-state index in [1.54, 1.807) is 14.2 Å². The summed E-state index contributed by atoms with van der Waals surface area (Å²) in [6.07, 6.45) is 1.52. The van der Waals surface area contributed by atoms with Crippen LogP contribution in [0.3, 0.4) is 0 Å². The van der Waals surface area contributed by atoms with Crippen molar-refractivity contribution in [3.63, 3.8) is 0 Å². The van der Waals surface area contributed by atoms with Crippen LogP contribution in [-0.4, -0.2) is 49.0 Å². The summed E-state index contributed by atoms with van der Waals surface area (Å²) in [5.41, 5.74) is 2.68. The maximum absolute atomic E-state index is 5.98. The van der Waals surface area contributed by atoms with Gasteiger partial charge in [0.1, 0.15) is 12.1 Å². The molecule has 29 heavy (non-hydrogen) atoms. The van der Waals surface area contributed by atoms with E-state index in [1.807, 2.05) is 36.4 Å². The van der Waals surface area contributed by atoms with Gasteiger partial charge in [0.15, 0.2) is 11.5 Å². The number of nitrogens with one attached hydrogen (secondary N) is 1. The molecule has 1 heterocycles. The molecule has 0 spiro atoms. The Balaban J connectivity index is 0.00000300. The monoisotopic (exact) mass is 456 g/mol. The van der Waals surface area contributed by atoms with Crippen LogP contribution in [-0.2, 0) is 0 Å². The first-order valence-electron chi connectivity index (χ1n) is 8.81. The van der Waals surface area contributed by atoms with Crippen LogP contribution in [0, 0.1) is 0 Å². The third kappa shape index (κ3) is 5.26. The number of aromatic nitrogens is 2. The first-order valence-corrected chi connectivity index (χ1v) is 9.88. The summed E-state index contributed by atoms with van der Waals surface area (Å²) in [4.78, 5) is 10.9. The maximum atomic E-state index is 5.98. The van der Waals surface area contributed by atoms with Crippen molar-refractivity contribution >= 4 is 63.7 Å². The van der Waals surface area contributed by atoms with Crippen LogP contribution in [0.15, 0.2) is 42.7 Å². The standard InChI is InChI=1S/C20H22Cl2N4O2.ClH/c1-27-18-11-14-16(12-19(18)28-2)23-13-24-20(14)25-15-5-3-4-6-17(15)26(9-7-21)10-8-22;/h3-6,11-13H,7-10H2,1-2H3,(H,23,24,25);1H. The molecule has 9 heteroatoms. The lowest BCUT2D eigenvalue weighted by molar-refractivity contribution is 0.356. The number of para-hydroxylation sites is 2. The predicted octanol–water partition coefficient (Wildman–Crippen LogP) is 5.10. The minimum Gasteiger partial charge on any atom is -0.493 e. The summed E-state index contributed by atoms with van der Waals surface area (Å²) >= 11 is 12.0. The number of hydrogen-bond acceptors (Lipinski definition) is 6. The van der Waals surface area contributed by atoms with Gasteiger partial charge in [-0.3, -0.25) is 0 Å². The number of hydrogen-bond donors (Lipinski definition) is 1. The molecular formula is C20H23Cl3N4O2. The molecular weight excluding hydrogens is 435 g/mol. The molecule has 0 fully saturated rings. The molecule has 0 aliphatic heterocycles. The van der Waals surface area contributed by atoms with Gasteiger partial charge in [0.05, 0.1) is 31.1 Å². The Bertz CT molecular complexity index is 937. The average molecular weight is 458 g/mol. The van der Waals surface area contributed by atoms with Crippen molar-refractivity contribution in [3.8, 4) is 11.5 Å². The fraction of sp³-hybridized carbons (Fsp3) is 0.300. The van der Waals surface area contributed by atoms with E-state index in [2.05, 4.69) is 20.2 Å². The van der Waals surface area contributed by atoms with Crippen molar-refractivity contribution in [1.29, 1.82) is 0 Å². The van der Waals surface area contributed by atoms with Gasteiger partial charge in [0, 0.05) is 36.3 Å². The first kappa shape index (κ1) is 23.1. The zero-order valence-corrected chi connectivity index (χ0v) is 18.5. The van der Waals surface area contributed by atoms with Gasteiger partial charge in [-0.2, -0.15) is 0 Å². The third-order valence-corrected chi connectivity index (χ3v) is 4.69. The number of methoxy groups -OCH3 is 2. The molecule has 0 amide bonds. The molecule has 1 N–H and O–H groups in total. The minimum absolute atomic E-state index is 0. The molecule has 0 bridgehead atoms. The zero-order valence-electron chi connectivity index (χ0n) is 16.2. The molecule has 1 aromatic heterocycles. The normalized spacial score (nSPS) is 10.3. The van der Waals surface area contributed by atoms with Gasteiger partial charge in [0.25, 0.3) is 0 Å². The molecule has 0 aliphatic rings. The number of alkyl halides is 2. The highest BCUT2D eigenvalue weighted by Crippen LogP contribution is 2.36. The summed E-state index contributed by atoms with van der Waals surface area (Å²) in [6.45, 7) is 1.39. The van der Waals surface area contributed by atoms with Gasteiger partial charge < -0.3 is 19.7 Å². The van der Waals surface area contributed by atoms with Crippen LogP contribution in [0.5, 0.6) is 11.5 Å². The zero-order chi connectivity index (χ0) is 19.9. The summed E-state index contributed by atoms with van der Waals surface area (Å²) in [5, 5.41) is 4.26. The maximum Gasteiger partial charge on any atom is 0.162 e. The van der Waals surface area contributed by atoms with Crippen LogP contribution < -0.4 is 19.7 Å².